The molecule has 1 aliphatic heterocycles. The number of thioether (sulfide) groups is 1. The van der Waals surface area contributed by atoms with E-state index < -0.39 is 0 Å². The van der Waals surface area contributed by atoms with Crippen molar-refractivity contribution in [3.05, 3.63) is 16.5 Å². The number of hydrogen-bond acceptors (Lipinski definition) is 4. The predicted octanol–water partition coefficient (Wildman–Crippen LogP) is 4.26. The summed E-state index contributed by atoms with van der Waals surface area (Å²) in [4.78, 5) is 11.7. The zero-order valence-corrected chi connectivity index (χ0v) is 15.4. The van der Waals surface area contributed by atoms with Crippen molar-refractivity contribution in [1.29, 1.82) is 0 Å². The van der Waals surface area contributed by atoms with Crippen LogP contribution in [0.3, 0.4) is 0 Å². The number of anilines is 1. The highest BCUT2D eigenvalue weighted by atomic mass is 79.9. The molecule has 2 heterocycles. The summed E-state index contributed by atoms with van der Waals surface area (Å²) in [6.45, 7) is 13.2. The third-order valence-electron chi connectivity index (χ3n) is 3.51. The second-order valence-electron chi connectivity index (χ2n) is 6.97. The zero-order chi connectivity index (χ0) is 15.0. The lowest BCUT2D eigenvalue weighted by molar-refractivity contribution is 0.541. The second kappa shape index (κ2) is 5.84. The molecule has 0 radical (unpaired) electrons. The van der Waals surface area contributed by atoms with E-state index >= 15 is 0 Å². The van der Waals surface area contributed by atoms with Crippen molar-refractivity contribution in [3.8, 4) is 0 Å². The summed E-state index contributed by atoms with van der Waals surface area (Å²) in [5, 5.41) is 0. The normalized spacial score (nSPS) is 19.8. The van der Waals surface area contributed by atoms with Crippen LogP contribution in [0.15, 0.2) is 10.7 Å². The number of aromatic nitrogens is 2. The fourth-order valence-corrected chi connectivity index (χ4v) is 3.63. The average Bonchev–Trinajstić information content (AvgIpc) is 2.48. The summed E-state index contributed by atoms with van der Waals surface area (Å²) in [5.74, 6) is 3.10. The molecule has 0 aliphatic carbocycles. The van der Waals surface area contributed by atoms with Crippen molar-refractivity contribution in [2.24, 2.45) is 0 Å². The zero-order valence-electron chi connectivity index (χ0n) is 13.0. The molecule has 20 heavy (non-hydrogen) atoms. The molecule has 1 aromatic heterocycles. The van der Waals surface area contributed by atoms with Crippen molar-refractivity contribution in [1.82, 2.24) is 9.97 Å². The summed E-state index contributed by atoms with van der Waals surface area (Å²) in [7, 11) is 0. The number of rotatable bonds is 1. The molecule has 1 aliphatic rings. The topological polar surface area (TPSA) is 29.0 Å². The molecule has 0 amide bonds. The summed E-state index contributed by atoms with van der Waals surface area (Å²) >= 11 is 5.59. The fraction of sp³-hybridized carbons (Fsp3) is 0.733. The SMILES string of the molecule is CC1(C)CCN(c2cc(Br)nc(C(C)(C)C)n2)CCS1. The molecule has 3 nitrogen and oxygen atoms in total. The minimum atomic E-state index is -0.0294. The second-order valence-corrected chi connectivity index (χ2v) is 9.58. The minimum absolute atomic E-state index is 0.0294. The molecular weight excluding hydrogens is 334 g/mol. The number of hydrogen-bond donors (Lipinski definition) is 0. The Morgan fingerprint density at radius 3 is 2.60 bits per heavy atom. The van der Waals surface area contributed by atoms with Gasteiger partial charge in [0.05, 0.1) is 0 Å². The van der Waals surface area contributed by atoms with Gasteiger partial charge in [0.15, 0.2) is 0 Å². The molecule has 0 spiro atoms. The Bertz CT molecular complexity index is 482. The van der Waals surface area contributed by atoms with Crippen LogP contribution >= 0.6 is 27.7 Å². The maximum Gasteiger partial charge on any atom is 0.137 e. The van der Waals surface area contributed by atoms with Crippen LogP contribution in [0.2, 0.25) is 0 Å². The molecule has 1 aromatic rings. The van der Waals surface area contributed by atoms with Crippen molar-refractivity contribution in [3.63, 3.8) is 0 Å². The van der Waals surface area contributed by atoms with Crippen LogP contribution in [-0.4, -0.2) is 33.6 Å². The first-order valence-corrected chi connectivity index (χ1v) is 8.89. The van der Waals surface area contributed by atoms with Gasteiger partial charge in [-0.15, -0.1) is 0 Å². The van der Waals surface area contributed by atoms with Gasteiger partial charge in [-0.25, -0.2) is 9.97 Å². The van der Waals surface area contributed by atoms with Gasteiger partial charge in [0, 0.05) is 35.1 Å². The summed E-state index contributed by atoms with van der Waals surface area (Å²) in [6.07, 6.45) is 1.18. The standard InChI is InChI=1S/C15H24BrN3S/c1-14(2,3)13-17-11(16)10-12(18-13)19-7-6-15(4,5)20-9-8-19/h10H,6-9H2,1-5H3. The molecular formula is C15H24BrN3S. The first-order valence-electron chi connectivity index (χ1n) is 7.11. The van der Waals surface area contributed by atoms with Gasteiger partial charge in [-0.2, -0.15) is 11.8 Å². The Morgan fingerprint density at radius 1 is 1.25 bits per heavy atom. The Morgan fingerprint density at radius 2 is 1.95 bits per heavy atom. The van der Waals surface area contributed by atoms with Crippen LogP contribution in [0.5, 0.6) is 0 Å². The van der Waals surface area contributed by atoms with E-state index in [1.165, 1.54) is 6.42 Å². The Hall–Kier alpha value is -0.290. The molecule has 0 bridgehead atoms. The Balaban J connectivity index is 2.26. The van der Waals surface area contributed by atoms with Crippen LogP contribution in [0.1, 0.15) is 46.9 Å². The monoisotopic (exact) mass is 357 g/mol. The van der Waals surface area contributed by atoms with Crippen LogP contribution in [0.25, 0.3) is 0 Å². The Kier molecular flexibility index (Phi) is 4.69. The smallest absolute Gasteiger partial charge is 0.137 e. The molecule has 2 rings (SSSR count). The first-order chi connectivity index (χ1) is 9.17. The number of nitrogens with zero attached hydrogens (tertiary/aromatic N) is 3. The largest absolute Gasteiger partial charge is 0.356 e. The van der Waals surface area contributed by atoms with Gasteiger partial charge < -0.3 is 4.90 Å². The summed E-state index contributed by atoms with van der Waals surface area (Å²) < 4.78 is 1.25. The lowest BCUT2D eigenvalue weighted by Gasteiger charge is -2.25. The van der Waals surface area contributed by atoms with Gasteiger partial charge >= 0.3 is 0 Å². The highest BCUT2D eigenvalue weighted by Gasteiger charge is 2.26. The van der Waals surface area contributed by atoms with Gasteiger partial charge in [-0.1, -0.05) is 34.6 Å². The van der Waals surface area contributed by atoms with Crippen molar-refractivity contribution in [2.75, 3.05) is 23.7 Å². The quantitative estimate of drug-likeness (QED) is 0.702. The van der Waals surface area contributed by atoms with Crippen molar-refractivity contribution < 1.29 is 0 Å². The lowest BCUT2D eigenvalue weighted by atomic mass is 9.96. The van der Waals surface area contributed by atoms with E-state index in [0.29, 0.717) is 4.75 Å². The molecule has 5 heteroatoms. The maximum absolute atomic E-state index is 4.79. The molecule has 0 N–H and O–H groups in total. The third-order valence-corrected chi connectivity index (χ3v) is 5.29. The molecule has 1 saturated heterocycles. The molecule has 0 aromatic carbocycles. The average molecular weight is 358 g/mol. The van der Waals surface area contributed by atoms with Gasteiger partial charge in [0.1, 0.15) is 16.2 Å². The van der Waals surface area contributed by atoms with Crippen molar-refractivity contribution >= 4 is 33.5 Å². The van der Waals surface area contributed by atoms with Crippen LogP contribution in [0, 0.1) is 0 Å². The van der Waals surface area contributed by atoms with E-state index in [0.717, 1.165) is 35.1 Å². The summed E-state index contributed by atoms with van der Waals surface area (Å²) in [5.41, 5.74) is -0.0294. The highest BCUT2D eigenvalue weighted by molar-refractivity contribution is 9.10. The fourth-order valence-electron chi connectivity index (χ4n) is 2.15. The van der Waals surface area contributed by atoms with E-state index in [1.807, 2.05) is 6.07 Å². The molecule has 112 valence electrons. The molecule has 0 unspecified atom stereocenters. The van der Waals surface area contributed by atoms with Gasteiger partial charge in [0.2, 0.25) is 0 Å². The van der Waals surface area contributed by atoms with Gasteiger partial charge in [-0.3, -0.25) is 0 Å². The van der Waals surface area contributed by atoms with Crippen LogP contribution in [0.4, 0.5) is 5.82 Å². The molecule has 0 saturated carbocycles. The number of halogens is 1. The predicted molar refractivity (Wildman–Crippen MR) is 91.8 cm³/mol. The van der Waals surface area contributed by atoms with E-state index in [2.05, 4.69) is 72.2 Å². The van der Waals surface area contributed by atoms with Gasteiger partial charge in [0.25, 0.3) is 0 Å². The molecule has 0 atom stereocenters. The van der Waals surface area contributed by atoms with Gasteiger partial charge in [-0.05, 0) is 22.4 Å². The molecule has 1 fully saturated rings. The van der Waals surface area contributed by atoms with Crippen LogP contribution in [-0.2, 0) is 5.41 Å². The van der Waals surface area contributed by atoms with E-state index in [4.69, 9.17) is 4.98 Å². The maximum atomic E-state index is 4.79. The highest BCUT2D eigenvalue weighted by Crippen LogP contribution is 2.32. The summed E-state index contributed by atoms with van der Waals surface area (Å²) in [6, 6.07) is 2.04. The van der Waals surface area contributed by atoms with E-state index in [9.17, 15) is 0 Å². The first kappa shape index (κ1) is 16.1. The third kappa shape index (κ3) is 4.10. The Labute approximate surface area is 135 Å². The van der Waals surface area contributed by atoms with Crippen molar-refractivity contribution in [2.45, 2.75) is 51.2 Å². The van der Waals surface area contributed by atoms with E-state index in [1.54, 1.807) is 0 Å². The van der Waals surface area contributed by atoms with E-state index in [-0.39, 0.29) is 5.41 Å². The minimum Gasteiger partial charge on any atom is -0.356 e. The van der Waals surface area contributed by atoms with Crippen LogP contribution < -0.4 is 4.90 Å². The lowest BCUT2D eigenvalue weighted by Crippen LogP contribution is -2.29.